The zero-order valence-electron chi connectivity index (χ0n) is 14.0. The van der Waals surface area contributed by atoms with Crippen molar-refractivity contribution in [2.75, 3.05) is 0 Å². The van der Waals surface area contributed by atoms with Crippen LogP contribution in [0.4, 0.5) is 0 Å². The van der Waals surface area contributed by atoms with Gasteiger partial charge in [-0.05, 0) is 12.0 Å². The summed E-state index contributed by atoms with van der Waals surface area (Å²) < 4.78 is 10.6. The van der Waals surface area contributed by atoms with Gasteiger partial charge in [0.05, 0.1) is 0 Å². The lowest BCUT2D eigenvalue weighted by molar-refractivity contribution is -0.150. The lowest BCUT2D eigenvalue weighted by Crippen LogP contribution is -2.29. The van der Waals surface area contributed by atoms with Crippen molar-refractivity contribution >= 4 is 11.9 Å². The lowest BCUT2D eigenvalue weighted by atomic mass is 9.93. The highest BCUT2D eigenvalue weighted by Crippen LogP contribution is 2.20. The molecule has 120 valence electrons. The Morgan fingerprint density at radius 2 is 1.43 bits per heavy atom. The summed E-state index contributed by atoms with van der Waals surface area (Å²) in [5.74, 6) is -0.360. The molecule has 0 aromatic heterocycles. The molecule has 0 amide bonds. The highest BCUT2D eigenvalue weighted by Gasteiger charge is 2.23. The Kier molecular flexibility index (Phi) is 8.67. The third-order valence-electron chi connectivity index (χ3n) is 3.27. The van der Waals surface area contributed by atoms with E-state index in [1.54, 1.807) is 6.08 Å². The second kappa shape index (κ2) is 9.37. The first-order valence-electron chi connectivity index (χ1n) is 7.34. The van der Waals surface area contributed by atoms with Gasteiger partial charge in [0.25, 0.3) is 0 Å². The lowest BCUT2D eigenvalue weighted by Gasteiger charge is -2.25. The van der Waals surface area contributed by atoms with Gasteiger partial charge >= 0.3 is 11.9 Å². The van der Waals surface area contributed by atoms with Crippen LogP contribution in [-0.4, -0.2) is 24.1 Å². The monoisotopic (exact) mass is 296 g/mol. The molecular weight excluding hydrogens is 268 g/mol. The van der Waals surface area contributed by atoms with E-state index >= 15 is 0 Å². The number of esters is 2. The minimum absolute atomic E-state index is 0.0172. The average Bonchev–Trinajstić information content (AvgIpc) is 2.38. The molecule has 21 heavy (non-hydrogen) atoms. The van der Waals surface area contributed by atoms with Crippen molar-refractivity contribution in [3.63, 3.8) is 0 Å². The van der Waals surface area contributed by atoms with E-state index in [1.165, 1.54) is 13.8 Å². The Labute approximate surface area is 128 Å². The Morgan fingerprint density at radius 1 is 0.905 bits per heavy atom. The van der Waals surface area contributed by atoms with E-state index in [2.05, 4.69) is 6.58 Å². The van der Waals surface area contributed by atoms with Crippen molar-refractivity contribution in [2.45, 2.75) is 53.8 Å². The number of carbonyl (C=O) groups excluding carboxylic acids is 2. The highest BCUT2D eigenvalue weighted by atomic mass is 16.5. The Bertz CT molecular complexity index is 384. The first kappa shape index (κ1) is 19.4. The van der Waals surface area contributed by atoms with E-state index in [0.29, 0.717) is 0 Å². The Morgan fingerprint density at radius 3 is 1.81 bits per heavy atom. The van der Waals surface area contributed by atoms with Crippen molar-refractivity contribution in [3.05, 3.63) is 24.8 Å². The first-order valence-corrected chi connectivity index (χ1v) is 7.34. The van der Waals surface area contributed by atoms with Gasteiger partial charge in [0, 0.05) is 25.7 Å². The zero-order valence-corrected chi connectivity index (χ0v) is 14.0. The smallest absolute Gasteiger partial charge is 0.303 e. The molecule has 0 aromatic rings. The molecule has 0 aromatic carbocycles. The fraction of sp³-hybridized carbons (Fsp3) is 0.647. The van der Waals surface area contributed by atoms with Crippen LogP contribution in [0.15, 0.2) is 24.8 Å². The number of hydrogen-bond donors (Lipinski definition) is 0. The van der Waals surface area contributed by atoms with Crippen LogP contribution in [0.25, 0.3) is 0 Å². The van der Waals surface area contributed by atoms with E-state index in [-0.39, 0.29) is 41.9 Å². The van der Waals surface area contributed by atoms with Gasteiger partial charge in [-0.25, -0.2) is 0 Å². The highest BCUT2D eigenvalue weighted by molar-refractivity contribution is 5.66. The van der Waals surface area contributed by atoms with Gasteiger partial charge in [-0.15, -0.1) is 6.58 Å². The molecule has 0 unspecified atom stereocenters. The molecule has 0 radical (unpaired) electrons. The standard InChI is InChI=1S/C17H28O4/c1-8-12(4)16(20-14(6)18)10-9-13(5)17(11(2)3)21-15(7)19/h8-13,16-17H,1H2,2-7H3/t12-,13-,16+,17-/m1/s1. The van der Waals surface area contributed by atoms with Gasteiger partial charge < -0.3 is 9.47 Å². The molecule has 0 saturated heterocycles. The fourth-order valence-electron chi connectivity index (χ4n) is 2.08. The number of ether oxygens (including phenoxy) is 2. The molecule has 0 bridgehead atoms. The summed E-state index contributed by atoms with van der Waals surface area (Å²) in [5, 5.41) is 0. The predicted octanol–water partition coefficient (Wildman–Crippen LogP) is 3.52. The van der Waals surface area contributed by atoms with Crippen molar-refractivity contribution in [1.82, 2.24) is 0 Å². The van der Waals surface area contributed by atoms with Gasteiger partial charge in [-0.2, -0.15) is 0 Å². The summed E-state index contributed by atoms with van der Waals surface area (Å²) in [6, 6.07) is 0. The normalized spacial score (nSPS) is 17.1. The van der Waals surface area contributed by atoms with Crippen LogP contribution >= 0.6 is 0 Å². The topological polar surface area (TPSA) is 52.6 Å². The summed E-state index contributed by atoms with van der Waals surface area (Å²) in [6.07, 6.45) is 4.97. The SMILES string of the molecule is C=C[C@@H](C)[C@H](C=C[C@@H](C)[C@H](OC(C)=O)C(C)C)OC(C)=O. The van der Waals surface area contributed by atoms with E-state index in [9.17, 15) is 9.59 Å². The Balaban J connectivity index is 4.94. The van der Waals surface area contributed by atoms with Crippen molar-refractivity contribution < 1.29 is 19.1 Å². The van der Waals surface area contributed by atoms with E-state index < -0.39 is 0 Å². The minimum Gasteiger partial charge on any atom is -0.462 e. The molecular formula is C17H28O4. The molecule has 0 aliphatic carbocycles. The van der Waals surface area contributed by atoms with Gasteiger partial charge in [-0.3, -0.25) is 9.59 Å². The summed E-state index contributed by atoms with van der Waals surface area (Å²) in [4.78, 5) is 22.3. The molecule has 4 nitrogen and oxygen atoms in total. The van der Waals surface area contributed by atoms with E-state index in [1.807, 2.05) is 39.8 Å². The van der Waals surface area contributed by atoms with E-state index in [0.717, 1.165) is 0 Å². The minimum atomic E-state index is -0.354. The van der Waals surface area contributed by atoms with Crippen LogP contribution in [0.5, 0.6) is 0 Å². The number of rotatable bonds is 8. The Hall–Kier alpha value is -1.58. The summed E-state index contributed by atoms with van der Waals surface area (Å²) in [6.45, 7) is 14.4. The molecule has 0 aliphatic heterocycles. The summed E-state index contributed by atoms with van der Waals surface area (Å²) in [7, 11) is 0. The number of carbonyl (C=O) groups is 2. The third kappa shape index (κ3) is 7.69. The van der Waals surface area contributed by atoms with Crippen LogP contribution in [-0.2, 0) is 19.1 Å². The zero-order chi connectivity index (χ0) is 16.6. The molecule has 0 saturated carbocycles. The molecule has 0 aliphatic rings. The maximum absolute atomic E-state index is 11.2. The van der Waals surface area contributed by atoms with Crippen molar-refractivity contribution in [3.8, 4) is 0 Å². The quantitative estimate of drug-likeness (QED) is 0.508. The largest absolute Gasteiger partial charge is 0.462 e. The molecule has 0 spiro atoms. The van der Waals surface area contributed by atoms with Crippen LogP contribution in [0.3, 0.4) is 0 Å². The summed E-state index contributed by atoms with van der Waals surface area (Å²) >= 11 is 0. The molecule has 4 atom stereocenters. The molecule has 0 heterocycles. The van der Waals surface area contributed by atoms with Gasteiger partial charge in [0.2, 0.25) is 0 Å². The van der Waals surface area contributed by atoms with Crippen LogP contribution in [0.1, 0.15) is 41.5 Å². The van der Waals surface area contributed by atoms with E-state index in [4.69, 9.17) is 9.47 Å². The van der Waals surface area contributed by atoms with Crippen molar-refractivity contribution in [2.24, 2.45) is 17.8 Å². The predicted molar refractivity (Wildman–Crippen MR) is 83.6 cm³/mol. The van der Waals surface area contributed by atoms with Gasteiger partial charge in [0.1, 0.15) is 12.2 Å². The van der Waals surface area contributed by atoms with Gasteiger partial charge in [0.15, 0.2) is 0 Å². The molecule has 4 heteroatoms. The molecule has 0 N–H and O–H groups in total. The second-order valence-corrected chi connectivity index (χ2v) is 5.73. The molecule has 0 rings (SSSR count). The van der Waals surface area contributed by atoms with Crippen LogP contribution < -0.4 is 0 Å². The first-order chi connectivity index (χ1) is 9.68. The van der Waals surface area contributed by atoms with Gasteiger partial charge in [-0.1, -0.05) is 39.8 Å². The number of hydrogen-bond acceptors (Lipinski definition) is 4. The second-order valence-electron chi connectivity index (χ2n) is 5.73. The third-order valence-corrected chi connectivity index (χ3v) is 3.27. The maximum Gasteiger partial charge on any atom is 0.303 e. The average molecular weight is 296 g/mol. The summed E-state index contributed by atoms with van der Waals surface area (Å²) in [5.41, 5.74) is 0. The fourth-order valence-corrected chi connectivity index (χ4v) is 2.08. The van der Waals surface area contributed by atoms with Crippen molar-refractivity contribution in [1.29, 1.82) is 0 Å². The molecule has 0 fully saturated rings. The van der Waals surface area contributed by atoms with Crippen LogP contribution in [0.2, 0.25) is 0 Å². The van der Waals surface area contributed by atoms with Crippen LogP contribution in [0, 0.1) is 17.8 Å². The maximum atomic E-state index is 11.2.